The molecule has 0 aliphatic rings. The van der Waals surface area contributed by atoms with Crippen molar-refractivity contribution in [2.45, 2.75) is 59.2 Å². The van der Waals surface area contributed by atoms with Crippen molar-refractivity contribution in [2.24, 2.45) is 0 Å². The Balaban J connectivity index is 2.46. The van der Waals surface area contributed by atoms with Gasteiger partial charge in [-0.3, -0.25) is 10.6 Å². The fourth-order valence-corrected chi connectivity index (χ4v) is 3.84. The maximum absolute atomic E-state index is 14.2. The third-order valence-electron chi connectivity index (χ3n) is 7.32. The normalized spacial score (nSPS) is 14.2. The molecule has 0 fully saturated rings. The zero-order chi connectivity index (χ0) is 49.3. The van der Waals surface area contributed by atoms with Crippen LogP contribution in [0.3, 0.4) is 0 Å². The lowest BCUT2D eigenvalue weighted by atomic mass is 9.85. The second-order valence-electron chi connectivity index (χ2n) is 11.3. The topological polar surface area (TPSA) is 76.7 Å². The summed E-state index contributed by atoms with van der Waals surface area (Å²) in [6, 6.07) is 0. The van der Waals surface area contributed by atoms with E-state index in [0.717, 1.165) is 0 Å². The fourth-order valence-electron chi connectivity index (χ4n) is 3.84. The molecule has 0 bridgehead atoms. The molecule has 2 aromatic rings. The second-order valence-corrected chi connectivity index (χ2v) is 11.3. The first kappa shape index (κ1) is 53.0. The van der Waals surface area contributed by atoms with Gasteiger partial charge in [0.2, 0.25) is 11.6 Å². The lowest BCUT2D eigenvalue weighted by Gasteiger charge is -2.45. The first-order valence-corrected chi connectivity index (χ1v) is 14.0. The van der Waals surface area contributed by atoms with Crippen LogP contribution in [0.4, 0.5) is 153 Å². The molecule has 0 radical (unpaired) electrons. The van der Waals surface area contributed by atoms with E-state index in [1.54, 1.807) is 0 Å². The molecule has 2 N–H and O–H groups in total. The van der Waals surface area contributed by atoms with Gasteiger partial charge in [0, 0.05) is 0 Å². The molecule has 0 atom stereocenters. The van der Waals surface area contributed by atoms with Gasteiger partial charge in [-0.2, -0.15) is 87.8 Å². The van der Waals surface area contributed by atoms with Gasteiger partial charge < -0.3 is 9.47 Å². The van der Waals surface area contributed by atoms with Crippen molar-refractivity contribution in [1.29, 1.82) is 0 Å². The molecule has 0 heterocycles. The van der Waals surface area contributed by atoms with E-state index in [4.69, 9.17) is 0 Å². The van der Waals surface area contributed by atoms with E-state index in [0.29, 0.717) is 0 Å². The first-order valence-electron chi connectivity index (χ1n) is 14.0. The van der Waals surface area contributed by atoms with Crippen molar-refractivity contribution in [3.05, 3.63) is 58.2 Å². The molecule has 0 unspecified atom stereocenters. The lowest BCUT2D eigenvalue weighted by Crippen LogP contribution is -2.77. The van der Waals surface area contributed by atoms with Gasteiger partial charge in [-0.05, 0) is 0 Å². The minimum absolute atomic E-state index is 0.259. The molecule has 354 valence electrons. The maximum Gasteiger partial charge on any atom is 0.412 e. The summed E-state index contributed by atoms with van der Waals surface area (Å²) in [5.74, 6) is -119. The Kier molecular flexibility index (Phi) is 13.6. The number of hydrogen-bond donors (Lipinski definition) is 2. The highest BCUT2D eigenvalue weighted by molar-refractivity contribution is 5.85. The number of amides is 2. The predicted octanol–water partition coefficient (Wildman–Crippen LogP) is 11.2. The molecule has 0 aromatic heterocycles. The van der Waals surface area contributed by atoms with E-state index in [2.05, 4.69) is 9.47 Å². The number of nitrogens with one attached hydrogen (secondary N) is 2. The minimum Gasteiger partial charge on any atom is -0.443 e. The van der Waals surface area contributed by atoms with Crippen LogP contribution in [-0.2, 0) is 9.47 Å². The number of benzene rings is 2. The summed E-state index contributed by atoms with van der Waals surface area (Å²) < 4.78 is 421. The van der Waals surface area contributed by atoms with Gasteiger partial charge in [0.25, 0.3) is 0 Å². The Morgan fingerprint density at radius 3 is 0.661 bits per heavy atom. The zero-order valence-electron chi connectivity index (χ0n) is 27.4. The molecule has 0 saturated heterocycles. The summed E-state index contributed by atoms with van der Waals surface area (Å²) in [6.45, 7) is -8.18. The molecule has 2 amide bonds. The summed E-state index contributed by atoms with van der Waals surface area (Å²) in [5.41, 5.74) is -5.30. The predicted molar refractivity (Wildman–Crippen MR) is 132 cm³/mol. The highest BCUT2D eigenvalue weighted by atomic mass is 19.4. The summed E-state index contributed by atoms with van der Waals surface area (Å²) in [5, 5.41) is 0.519. The number of carbonyl (C=O) groups excluding carboxylic acids is 2. The molecular formula is C26H6F30N2O4. The Morgan fingerprint density at radius 2 is 0.468 bits per heavy atom. The Hall–Kier alpha value is -5.12. The Morgan fingerprint density at radius 1 is 0.306 bits per heavy atom. The van der Waals surface area contributed by atoms with Crippen molar-refractivity contribution < 1.29 is 151 Å². The largest absolute Gasteiger partial charge is 0.443 e. The van der Waals surface area contributed by atoms with Gasteiger partial charge in [0.15, 0.2) is 59.8 Å². The Bertz CT molecular complexity index is 1880. The zero-order valence-corrected chi connectivity index (χ0v) is 27.4. The van der Waals surface area contributed by atoms with E-state index in [1.165, 1.54) is 0 Å². The highest BCUT2D eigenvalue weighted by Crippen LogP contribution is 2.66. The summed E-state index contributed by atoms with van der Waals surface area (Å²) in [7, 11) is 0. The number of anilines is 2. The van der Waals surface area contributed by atoms with E-state index in [1.807, 2.05) is 0 Å². The van der Waals surface area contributed by atoms with Crippen molar-refractivity contribution in [1.82, 2.24) is 0 Å². The molecular weight excluding hydrogens is 974 g/mol. The van der Waals surface area contributed by atoms with Crippen LogP contribution in [-0.4, -0.2) is 84.6 Å². The van der Waals surface area contributed by atoms with Crippen LogP contribution >= 0.6 is 0 Å². The van der Waals surface area contributed by atoms with E-state index < -0.39 is 154 Å². The number of rotatable bonds is 15. The van der Waals surface area contributed by atoms with Crippen LogP contribution in [0.15, 0.2) is 0 Å². The number of ether oxygens (including phenoxy) is 2. The molecule has 62 heavy (non-hydrogen) atoms. The number of hydrogen-bond acceptors (Lipinski definition) is 4. The Labute approximate surface area is 316 Å². The van der Waals surface area contributed by atoms with Gasteiger partial charge in [0.1, 0.15) is 11.4 Å². The summed E-state index contributed by atoms with van der Waals surface area (Å²) >= 11 is 0. The van der Waals surface area contributed by atoms with Crippen LogP contribution < -0.4 is 10.6 Å². The smallest absolute Gasteiger partial charge is 0.412 e. The number of halogens is 30. The lowest BCUT2D eigenvalue weighted by molar-refractivity contribution is -0.469. The van der Waals surface area contributed by atoms with Gasteiger partial charge in [-0.25, -0.2) is 53.5 Å². The van der Waals surface area contributed by atoms with Crippen molar-refractivity contribution in [2.75, 3.05) is 23.8 Å². The minimum atomic E-state index is -9.60. The number of carbonyl (C=O) groups is 2. The molecule has 0 saturated carbocycles. The molecule has 0 spiro atoms. The van der Waals surface area contributed by atoms with Crippen LogP contribution in [0.2, 0.25) is 0 Å². The van der Waals surface area contributed by atoms with E-state index in [9.17, 15) is 141 Å². The standard InChI is InChI=1S/C26H6F30N2O4/c27-3-5(29)9(33)13(10(34)6(3)30)57-15(59)61-1-17(37,38)19(41,42)21(45,46)23(49,50)25(53,54)26(55,56)24(51,52)22(47,48)20(43,44)18(39,40)2-62-16(60)58-14-11(35)7(31)4(28)8(32)12(14)36/h1-2H2,(H,57,59)(H,58,60). The molecule has 0 aliphatic carbocycles. The SMILES string of the molecule is O=C(Nc1c(F)c(F)c(F)c(F)c1F)OCC(F)(F)C(F)(F)C(F)(F)C(F)(F)C(F)(F)C(F)(F)C(F)(F)C(F)(F)C(F)(F)C(F)(F)COC(=O)Nc1c(F)c(F)c(F)c(F)c1F. The van der Waals surface area contributed by atoms with Crippen LogP contribution in [0.5, 0.6) is 0 Å². The number of alkyl halides is 20. The average Bonchev–Trinajstić information content (AvgIpc) is 3.15. The molecule has 0 aliphatic heterocycles. The second kappa shape index (κ2) is 15.9. The van der Waals surface area contributed by atoms with Crippen LogP contribution in [0, 0.1) is 58.2 Å². The third kappa shape index (κ3) is 7.70. The van der Waals surface area contributed by atoms with Crippen molar-refractivity contribution in [3.63, 3.8) is 0 Å². The quantitative estimate of drug-likeness (QED) is 0.106. The fraction of sp³-hybridized carbons (Fsp3) is 0.462. The summed E-state index contributed by atoms with van der Waals surface area (Å²) in [6.07, 6.45) is -6.49. The average molecular weight is 980 g/mol. The molecule has 6 nitrogen and oxygen atoms in total. The molecule has 2 aromatic carbocycles. The van der Waals surface area contributed by atoms with Crippen LogP contribution in [0.1, 0.15) is 0 Å². The highest BCUT2D eigenvalue weighted by Gasteiger charge is 2.97. The van der Waals surface area contributed by atoms with E-state index in [-0.39, 0.29) is 10.6 Å². The third-order valence-corrected chi connectivity index (χ3v) is 7.32. The molecule has 36 heteroatoms. The van der Waals surface area contributed by atoms with Gasteiger partial charge >= 0.3 is 71.4 Å². The van der Waals surface area contributed by atoms with Crippen molar-refractivity contribution >= 4 is 23.6 Å². The van der Waals surface area contributed by atoms with Crippen LogP contribution in [0.25, 0.3) is 0 Å². The van der Waals surface area contributed by atoms with Gasteiger partial charge in [-0.15, -0.1) is 0 Å². The van der Waals surface area contributed by atoms with E-state index >= 15 is 0 Å². The summed E-state index contributed by atoms with van der Waals surface area (Å²) in [4.78, 5) is 22.8. The van der Waals surface area contributed by atoms with Crippen molar-refractivity contribution in [3.8, 4) is 0 Å². The van der Waals surface area contributed by atoms with Gasteiger partial charge in [-0.1, -0.05) is 0 Å². The molecule has 2 rings (SSSR count). The monoisotopic (exact) mass is 980 g/mol. The first-order chi connectivity index (χ1) is 27.3. The van der Waals surface area contributed by atoms with Gasteiger partial charge in [0.05, 0.1) is 0 Å². The maximum atomic E-state index is 14.2.